The third-order valence-corrected chi connectivity index (χ3v) is 8.46. The van der Waals surface area contributed by atoms with Gasteiger partial charge >= 0.3 is 0 Å². The summed E-state index contributed by atoms with van der Waals surface area (Å²) in [5.74, 6) is 0. The molecule has 1 atom stereocenters. The SMILES string of the molecule is C=C(/C=C(/c1ccccc1)N(C)CCN1CCc2ccc(NC(C)C3=C[CH]3)cc2CC1)c1ccc(C)c(C)c1.F.[CH]1C=C1.[HH]. The summed E-state index contributed by atoms with van der Waals surface area (Å²) >= 11 is 0. The second-order valence-corrected chi connectivity index (χ2v) is 11.7. The molecule has 226 valence electrons. The maximum atomic E-state index is 4.44. The molecule has 0 aromatic heterocycles. The summed E-state index contributed by atoms with van der Waals surface area (Å²) in [7, 11) is 2.21. The normalized spacial score (nSPS) is 15.9. The van der Waals surface area contributed by atoms with Gasteiger partial charge in [0.25, 0.3) is 0 Å². The molecule has 3 aromatic rings. The highest BCUT2D eigenvalue weighted by Crippen LogP contribution is 2.27. The van der Waals surface area contributed by atoms with Crippen LogP contribution in [0.3, 0.4) is 0 Å². The van der Waals surface area contributed by atoms with Gasteiger partial charge in [-0.05, 0) is 96.3 Å². The van der Waals surface area contributed by atoms with Crippen LogP contribution in [0.5, 0.6) is 0 Å². The lowest BCUT2D eigenvalue weighted by atomic mass is 9.99. The first kappa shape index (κ1) is 32.0. The second kappa shape index (κ2) is 15.0. The predicted molar refractivity (Wildman–Crippen MR) is 186 cm³/mol. The number of hydrogen-bond acceptors (Lipinski definition) is 3. The van der Waals surface area contributed by atoms with Crippen molar-refractivity contribution in [1.29, 1.82) is 0 Å². The zero-order chi connectivity index (χ0) is 29.5. The Hall–Kier alpha value is -3.89. The van der Waals surface area contributed by atoms with Gasteiger partial charge in [-0.1, -0.05) is 79.4 Å². The van der Waals surface area contributed by atoms with Crippen LogP contribution in [0.2, 0.25) is 0 Å². The van der Waals surface area contributed by atoms with Crippen molar-refractivity contribution in [2.24, 2.45) is 0 Å². The van der Waals surface area contributed by atoms with Crippen LogP contribution in [-0.2, 0) is 12.8 Å². The van der Waals surface area contributed by atoms with E-state index in [-0.39, 0.29) is 6.13 Å². The van der Waals surface area contributed by atoms with Gasteiger partial charge in [-0.25, -0.2) is 0 Å². The van der Waals surface area contributed by atoms with E-state index in [1.54, 1.807) is 0 Å². The third-order valence-electron chi connectivity index (χ3n) is 8.46. The predicted octanol–water partition coefficient (Wildman–Crippen LogP) is 8.49. The first-order valence-electron chi connectivity index (χ1n) is 15.3. The van der Waals surface area contributed by atoms with Crippen molar-refractivity contribution in [3.63, 3.8) is 0 Å². The molecule has 4 heteroatoms. The number of allylic oxidation sites excluding steroid dienone is 5. The minimum absolute atomic E-state index is 0. The van der Waals surface area contributed by atoms with Gasteiger partial charge in [0.2, 0.25) is 0 Å². The fourth-order valence-corrected chi connectivity index (χ4v) is 5.38. The number of likely N-dealkylation sites (N-methyl/N-ethyl adjacent to an activating group) is 1. The monoisotopic (exact) mass is 577 g/mol. The van der Waals surface area contributed by atoms with Crippen LogP contribution in [0.15, 0.2) is 103 Å². The van der Waals surface area contributed by atoms with E-state index < -0.39 is 0 Å². The van der Waals surface area contributed by atoms with E-state index in [2.05, 4.69) is 135 Å². The molecular formula is C39H48FN3. The number of nitrogens with one attached hydrogen (secondary N) is 1. The number of aryl methyl sites for hydroxylation is 2. The first-order chi connectivity index (χ1) is 20.4. The number of halogens is 1. The Morgan fingerprint density at radius 2 is 1.65 bits per heavy atom. The molecule has 0 amide bonds. The molecular weight excluding hydrogens is 529 g/mol. The molecule has 1 N–H and O–H groups in total. The molecule has 2 radical (unpaired) electrons. The lowest BCUT2D eigenvalue weighted by Gasteiger charge is -2.28. The summed E-state index contributed by atoms with van der Waals surface area (Å²) in [5.41, 5.74) is 12.9. The van der Waals surface area contributed by atoms with E-state index >= 15 is 0 Å². The summed E-state index contributed by atoms with van der Waals surface area (Å²) in [6.07, 6.45) is 14.8. The maximum absolute atomic E-state index is 4.44. The number of rotatable bonds is 10. The summed E-state index contributed by atoms with van der Waals surface area (Å²) in [6, 6.07) is 24.7. The summed E-state index contributed by atoms with van der Waals surface area (Å²) in [6.45, 7) is 15.2. The van der Waals surface area contributed by atoms with Crippen molar-refractivity contribution in [1.82, 2.24) is 9.80 Å². The smallest absolute Gasteiger partial charge is 0.0451 e. The summed E-state index contributed by atoms with van der Waals surface area (Å²) in [4.78, 5) is 5.02. The topological polar surface area (TPSA) is 18.5 Å². The number of hydrogen-bond donors (Lipinski definition) is 1. The highest BCUT2D eigenvalue weighted by atomic mass is 19.0. The van der Waals surface area contributed by atoms with E-state index in [0.717, 1.165) is 44.6 Å². The van der Waals surface area contributed by atoms with E-state index in [0.29, 0.717) is 6.04 Å². The number of benzene rings is 3. The van der Waals surface area contributed by atoms with Crippen molar-refractivity contribution >= 4 is 17.0 Å². The average molecular weight is 578 g/mol. The Labute approximate surface area is 260 Å². The Balaban J connectivity index is 0.000000997. The largest absolute Gasteiger partial charge is 0.379 e. The first-order valence-corrected chi connectivity index (χ1v) is 15.3. The Kier molecular flexibility index (Phi) is 11.2. The van der Waals surface area contributed by atoms with Gasteiger partial charge in [0.15, 0.2) is 0 Å². The minimum atomic E-state index is 0. The minimum Gasteiger partial charge on any atom is -0.379 e. The second-order valence-electron chi connectivity index (χ2n) is 11.7. The fraction of sp³-hybridized carbons (Fsp3) is 0.282. The summed E-state index contributed by atoms with van der Waals surface area (Å²) in [5, 5.41) is 3.65. The molecule has 1 unspecified atom stereocenters. The van der Waals surface area contributed by atoms with E-state index in [4.69, 9.17) is 0 Å². The molecule has 3 aromatic carbocycles. The lowest BCUT2D eigenvalue weighted by Crippen LogP contribution is -2.34. The average Bonchev–Trinajstić information content (AvgIpc) is 3.89. The highest BCUT2D eigenvalue weighted by Gasteiger charge is 2.19. The highest BCUT2D eigenvalue weighted by molar-refractivity contribution is 5.82. The molecule has 3 nitrogen and oxygen atoms in total. The number of fused-ring (bicyclic) bond motifs is 1. The van der Waals surface area contributed by atoms with Crippen molar-refractivity contribution in [3.8, 4) is 0 Å². The fourth-order valence-electron chi connectivity index (χ4n) is 5.38. The molecule has 0 fully saturated rings. The van der Waals surface area contributed by atoms with Crippen LogP contribution in [0.25, 0.3) is 11.3 Å². The quantitative estimate of drug-likeness (QED) is 0.244. The molecule has 43 heavy (non-hydrogen) atoms. The van der Waals surface area contributed by atoms with Crippen LogP contribution < -0.4 is 5.32 Å². The van der Waals surface area contributed by atoms with E-state index in [1.165, 1.54) is 50.3 Å². The van der Waals surface area contributed by atoms with Gasteiger partial charge in [-0.2, -0.15) is 0 Å². The standard InChI is InChI=1S/C36H42N3.C3H3.FH.H2/c1-26-11-12-33(23-27(26)2)28(3)24-36(32-9-7-6-8-10-32)38(5)21-22-39-19-17-31-15-16-35(25-34(31)18-20-39)37-29(4)30-13-14-30;1-2-3-1;;/h6-16,23-25,29,37H,3,17-22H2,1-2,4-5H3;1-3H;2*1H/b36-24-;;;. The van der Waals surface area contributed by atoms with Crippen molar-refractivity contribution < 1.29 is 6.13 Å². The van der Waals surface area contributed by atoms with Gasteiger partial charge in [-0.15, -0.1) is 0 Å². The van der Waals surface area contributed by atoms with Crippen LogP contribution in [0.4, 0.5) is 10.4 Å². The van der Waals surface area contributed by atoms with E-state index in [1.807, 2.05) is 18.6 Å². The lowest BCUT2D eigenvalue weighted by molar-refractivity contribution is 0.263. The van der Waals surface area contributed by atoms with Crippen molar-refractivity contribution in [3.05, 3.63) is 149 Å². The van der Waals surface area contributed by atoms with Crippen LogP contribution in [0.1, 0.15) is 41.7 Å². The number of nitrogens with zero attached hydrogens (tertiary/aromatic N) is 2. The molecule has 0 saturated carbocycles. The molecule has 3 aliphatic rings. The molecule has 0 saturated heterocycles. The van der Waals surface area contributed by atoms with Gasteiger partial charge in [0.1, 0.15) is 0 Å². The Morgan fingerprint density at radius 1 is 0.953 bits per heavy atom. The number of anilines is 1. The zero-order valence-electron chi connectivity index (χ0n) is 26.1. The van der Waals surface area contributed by atoms with Crippen molar-refractivity contribution in [2.75, 3.05) is 38.5 Å². The Bertz CT molecular complexity index is 1490. The van der Waals surface area contributed by atoms with Gasteiger partial charge in [0.05, 0.1) is 0 Å². The molecule has 1 heterocycles. The third kappa shape index (κ3) is 9.30. The van der Waals surface area contributed by atoms with Gasteiger partial charge in [-0.3, -0.25) is 4.70 Å². The molecule has 6 rings (SSSR count). The molecule has 2 aliphatic carbocycles. The van der Waals surface area contributed by atoms with Gasteiger partial charge < -0.3 is 15.1 Å². The molecule has 0 bridgehead atoms. The Morgan fingerprint density at radius 3 is 2.30 bits per heavy atom. The maximum Gasteiger partial charge on any atom is 0.0451 e. The van der Waals surface area contributed by atoms with Crippen LogP contribution in [0, 0.1) is 26.7 Å². The molecule has 1 aliphatic heterocycles. The van der Waals surface area contributed by atoms with Crippen LogP contribution in [-0.4, -0.2) is 49.1 Å². The zero-order valence-corrected chi connectivity index (χ0v) is 26.1. The van der Waals surface area contributed by atoms with Crippen LogP contribution >= 0.6 is 0 Å². The van der Waals surface area contributed by atoms with Crippen molar-refractivity contribution in [2.45, 2.75) is 39.7 Å². The molecule has 0 spiro atoms. The summed E-state index contributed by atoms with van der Waals surface area (Å²) < 4.78 is 0. The van der Waals surface area contributed by atoms with E-state index in [9.17, 15) is 0 Å². The van der Waals surface area contributed by atoms with Gasteiger partial charge in [0, 0.05) is 64.9 Å².